The van der Waals surface area contributed by atoms with E-state index in [1.54, 1.807) is 6.07 Å². The summed E-state index contributed by atoms with van der Waals surface area (Å²) in [5.74, 6) is -0.482. The van der Waals surface area contributed by atoms with Crippen molar-refractivity contribution in [1.29, 1.82) is 0 Å². The predicted molar refractivity (Wildman–Crippen MR) is 120 cm³/mol. The van der Waals surface area contributed by atoms with Crippen molar-refractivity contribution in [2.45, 2.75) is 56.7 Å². The minimum absolute atomic E-state index is 0. The Kier molecular flexibility index (Phi) is 7.87. The second-order valence-corrected chi connectivity index (χ2v) is 10.0. The Morgan fingerprint density at radius 2 is 1.86 bits per heavy atom. The van der Waals surface area contributed by atoms with Crippen molar-refractivity contribution in [2.75, 3.05) is 31.5 Å². The molecule has 6 rings (SSSR count). The number of piperidine rings is 3. The zero-order chi connectivity index (χ0) is 23.6. The van der Waals surface area contributed by atoms with E-state index < -0.39 is 11.6 Å². The Morgan fingerprint density at radius 3 is 2.51 bits per heavy atom. The number of anilines is 1. The topological polar surface area (TPSA) is 127 Å². The van der Waals surface area contributed by atoms with Crippen molar-refractivity contribution in [3.63, 3.8) is 0 Å². The average Bonchev–Trinajstić information content (AvgIpc) is 3.40. The van der Waals surface area contributed by atoms with Gasteiger partial charge < -0.3 is 35.7 Å². The van der Waals surface area contributed by atoms with E-state index in [2.05, 4.69) is 20.3 Å². The van der Waals surface area contributed by atoms with E-state index in [9.17, 15) is 14.7 Å². The first-order valence-corrected chi connectivity index (χ1v) is 12.2. The molecule has 3 saturated heterocycles. The highest BCUT2D eigenvalue weighted by Crippen LogP contribution is 2.42. The number of amides is 1. The van der Waals surface area contributed by atoms with Gasteiger partial charge in [-0.1, -0.05) is 19.3 Å². The molecule has 10 nitrogen and oxygen atoms in total. The van der Waals surface area contributed by atoms with Gasteiger partial charge in [0.1, 0.15) is 19.2 Å². The van der Waals surface area contributed by atoms with Crippen molar-refractivity contribution in [3.8, 4) is 0 Å². The fourth-order valence-corrected chi connectivity index (χ4v) is 6.10. The number of esters is 1. The molecule has 5 heterocycles. The lowest BCUT2D eigenvalue weighted by molar-refractivity contribution is -0.939. The number of hydrogen-bond donors (Lipinski definition) is 2. The largest absolute Gasteiger partial charge is 1.00 e. The molecule has 2 aromatic heterocycles. The molecule has 2 atom stereocenters. The van der Waals surface area contributed by atoms with Gasteiger partial charge in [0.2, 0.25) is 5.95 Å². The molecule has 1 amide bonds. The number of carbonyl (C=O) groups is 2. The molecule has 3 aliphatic heterocycles. The minimum Gasteiger partial charge on any atom is -1.00 e. The molecule has 190 valence electrons. The number of fused-ring (bicyclic) bond motifs is 3. The Labute approximate surface area is 214 Å². The molecular formula is C24H32BrN5O5. The molecule has 1 aliphatic carbocycles. The number of quaternary nitrogens is 1. The quantitative estimate of drug-likeness (QED) is 0.333. The Morgan fingerprint density at radius 1 is 1.14 bits per heavy atom. The zero-order valence-corrected chi connectivity index (χ0v) is 21.2. The van der Waals surface area contributed by atoms with Crippen LogP contribution >= 0.6 is 0 Å². The van der Waals surface area contributed by atoms with E-state index in [4.69, 9.17) is 9.15 Å². The Hall–Kier alpha value is -2.37. The third kappa shape index (κ3) is 5.26. The Balaban J connectivity index is 0.00000289. The van der Waals surface area contributed by atoms with Crippen LogP contribution in [0, 0.1) is 11.8 Å². The maximum atomic E-state index is 13.6. The van der Waals surface area contributed by atoms with Crippen LogP contribution in [0.5, 0.6) is 0 Å². The van der Waals surface area contributed by atoms with Gasteiger partial charge in [-0.3, -0.25) is 10.1 Å². The average molecular weight is 550 g/mol. The number of ether oxygens (including phenoxy) is 1. The van der Waals surface area contributed by atoms with Crippen molar-refractivity contribution in [2.24, 2.45) is 11.8 Å². The molecule has 0 radical (unpaired) electrons. The van der Waals surface area contributed by atoms with E-state index >= 15 is 0 Å². The summed E-state index contributed by atoms with van der Waals surface area (Å²) < 4.78 is 11.9. The summed E-state index contributed by atoms with van der Waals surface area (Å²) in [4.78, 5) is 37.9. The van der Waals surface area contributed by atoms with E-state index in [1.165, 1.54) is 25.2 Å². The normalized spacial score (nSPS) is 27.9. The van der Waals surface area contributed by atoms with Gasteiger partial charge in [-0.2, -0.15) is 0 Å². The standard InChI is InChI=1S/C24H31N5O5.BrH/c30-21(28-23-26-15-25-16-27-23)13-29-9-6-17(7-10-29)20(12-29)34-22(31)24(32,19-8-11-33-14-19)18-4-2-1-3-5-18;/h8,11,14-18,20,32H,1-7,9-10,12-13H2;1H/t17?,20?,24-,29?;/m1./s1. The van der Waals surface area contributed by atoms with Crippen LogP contribution in [0.4, 0.5) is 5.95 Å². The van der Waals surface area contributed by atoms with Gasteiger partial charge in [-0.25, -0.2) is 19.7 Å². The van der Waals surface area contributed by atoms with Gasteiger partial charge in [-0.05, 0) is 18.9 Å². The SMILES string of the molecule is O=C(C[N+]12CCC(CC1)C(OC(=O)[C@](O)(c1ccoc1)C1CCCCC1)C2)Nc1ncncn1.[Br-]. The fourth-order valence-electron chi connectivity index (χ4n) is 6.10. The number of nitrogens with one attached hydrogen (secondary N) is 1. The van der Waals surface area contributed by atoms with Gasteiger partial charge in [0.25, 0.3) is 5.91 Å². The number of carbonyl (C=O) groups excluding carboxylic acids is 2. The highest BCUT2D eigenvalue weighted by Gasteiger charge is 2.53. The van der Waals surface area contributed by atoms with E-state index in [-0.39, 0.29) is 53.3 Å². The van der Waals surface area contributed by atoms with Crippen LogP contribution in [-0.2, 0) is 19.9 Å². The van der Waals surface area contributed by atoms with E-state index in [0.29, 0.717) is 16.6 Å². The lowest BCUT2D eigenvalue weighted by Gasteiger charge is -2.52. The van der Waals surface area contributed by atoms with Gasteiger partial charge in [-0.15, -0.1) is 0 Å². The van der Waals surface area contributed by atoms with Crippen molar-refractivity contribution in [1.82, 2.24) is 15.0 Å². The van der Waals surface area contributed by atoms with Gasteiger partial charge in [0.15, 0.2) is 18.2 Å². The maximum Gasteiger partial charge on any atom is 0.343 e. The molecular weight excluding hydrogens is 518 g/mol. The van der Waals surface area contributed by atoms with Crippen LogP contribution in [0.2, 0.25) is 0 Å². The van der Waals surface area contributed by atoms with Crippen LogP contribution in [0.25, 0.3) is 0 Å². The molecule has 2 aromatic rings. The van der Waals surface area contributed by atoms with Crippen molar-refractivity contribution in [3.05, 3.63) is 36.8 Å². The fraction of sp³-hybridized carbons (Fsp3) is 0.625. The number of aliphatic hydroxyl groups is 1. The first-order chi connectivity index (χ1) is 16.5. The second-order valence-electron chi connectivity index (χ2n) is 10.0. The number of nitrogens with zero attached hydrogens (tertiary/aromatic N) is 4. The molecule has 11 heteroatoms. The molecule has 0 spiro atoms. The monoisotopic (exact) mass is 549 g/mol. The summed E-state index contributed by atoms with van der Waals surface area (Å²) >= 11 is 0. The molecule has 4 fully saturated rings. The summed E-state index contributed by atoms with van der Waals surface area (Å²) in [6.45, 7) is 2.55. The molecule has 0 aromatic carbocycles. The number of aromatic nitrogens is 3. The number of halogens is 1. The van der Waals surface area contributed by atoms with Crippen LogP contribution in [0.3, 0.4) is 0 Å². The third-order valence-electron chi connectivity index (χ3n) is 7.99. The lowest BCUT2D eigenvalue weighted by Crippen LogP contribution is -3.00. The number of rotatable bonds is 7. The summed E-state index contributed by atoms with van der Waals surface area (Å²) in [6.07, 6.45) is 11.7. The first kappa shape index (κ1) is 25.7. The van der Waals surface area contributed by atoms with Crippen LogP contribution in [0.15, 0.2) is 35.7 Å². The predicted octanol–water partition coefficient (Wildman–Crippen LogP) is -0.973. The van der Waals surface area contributed by atoms with E-state index in [0.717, 1.165) is 58.0 Å². The first-order valence-electron chi connectivity index (χ1n) is 12.2. The van der Waals surface area contributed by atoms with Gasteiger partial charge >= 0.3 is 5.97 Å². The summed E-state index contributed by atoms with van der Waals surface area (Å²) in [7, 11) is 0. The highest BCUT2D eigenvalue weighted by atomic mass is 79.9. The number of furan rings is 1. The van der Waals surface area contributed by atoms with Crippen LogP contribution < -0.4 is 22.3 Å². The van der Waals surface area contributed by atoms with Crippen LogP contribution in [0.1, 0.15) is 50.5 Å². The molecule has 1 saturated carbocycles. The molecule has 2 bridgehead atoms. The van der Waals surface area contributed by atoms with Gasteiger partial charge in [0, 0.05) is 30.2 Å². The zero-order valence-electron chi connectivity index (χ0n) is 19.6. The molecule has 2 N–H and O–H groups in total. The van der Waals surface area contributed by atoms with Crippen LogP contribution in [-0.4, -0.2) is 68.7 Å². The third-order valence-corrected chi connectivity index (χ3v) is 7.99. The van der Waals surface area contributed by atoms with E-state index in [1.807, 2.05) is 0 Å². The maximum absolute atomic E-state index is 13.6. The van der Waals surface area contributed by atoms with Gasteiger partial charge in [0.05, 0.1) is 25.6 Å². The highest BCUT2D eigenvalue weighted by molar-refractivity contribution is 5.89. The lowest BCUT2D eigenvalue weighted by atomic mass is 9.74. The minimum atomic E-state index is -1.71. The molecule has 35 heavy (non-hydrogen) atoms. The smallest absolute Gasteiger partial charge is 0.343 e. The van der Waals surface area contributed by atoms with Crippen molar-refractivity contribution < 1.29 is 45.3 Å². The molecule has 4 aliphatic rings. The summed E-state index contributed by atoms with van der Waals surface area (Å²) in [5.41, 5.74) is -1.24. The molecule has 1 unspecified atom stereocenters. The van der Waals surface area contributed by atoms with Crippen molar-refractivity contribution >= 4 is 17.8 Å². The summed E-state index contributed by atoms with van der Waals surface area (Å²) in [6, 6.07) is 1.66. The Bertz CT molecular complexity index is 993. The summed E-state index contributed by atoms with van der Waals surface area (Å²) in [5, 5.41) is 14.4. The second kappa shape index (κ2) is 10.7. The number of hydrogen-bond acceptors (Lipinski definition) is 8.